The van der Waals surface area contributed by atoms with E-state index in [-0.39, 0.29) is 11.6 Å². The molecule has 2 N–H and O–H groups in total. The molecule has 0 saturated carbocycles. The molecule has 2 aliphatic heterocycles. The van der Waals surface area contributed by atoms with Gasteiger partial charge >= 0.3 is 0 Å². The van der Waals surface area contributed by atoms with Crippen molar-refractivity contribution in [3.63, 3.8) is 0 Å². The molecule has 2 aliphatic rings. The van der Waals surface area contributed by atoms with Crippen LogP contribution in [0.3, 0.4) is 0 Å². The Balaban J connectivity index is 1.46. The molecule has 1 atom stereocenters. The van der Waals surface area contributed by atoms with E-state index in [1.165, 1.54) is 11.3 Å². The molecule has 3 heterocycles. The number of amides is 1. The third kappa shape index (κ3) is 5.72. The fraction of sp³-hybridized carbons (Fsp3) is 0.727. The van der Waals surface area contributed by atoms with Crippen LogP contribution in [0.15, 0.2) is 17.5 Å². The molecule has 1 aromatic rings. The van der Waals surface area contributed by atoms with Gasteiger partial charge in [0.1, 0.15) is 12.5 Å². The van der Waals surface area contributed by atoms with Gasteiger partial charge in [-0.3, -0.25) is 10.2 Å². The van der Waals surface area contributed by atoms with E-state index in [9.17, 15) is 4.79 Å². The monoisotopic (exact) mass is 420 g/mol. The van der Waals surface area contributed by atoms with E-state index in [0.717, 1.165) is 75.9 Å². The van der Waals surface area contributed by atoms with Gasteiger partial charge in [-0.05, 0) is 55.9 Å². The van der Waals surface area contributed by atoms with Gasteiger partial charge in [0.05, 0.1) is 4.88 Å². The first-order chi connectivity index (χ1) is 14.1. The number of nitrogens with zero attached hydrogens (tertiary/aromatic N) is 2. The summed E-state index contributed by atoms with van der Waals surface area (Å²) in [5, 5.41) is 13.9. The smallest absolute Gasteiger partial charge is 0.263 e. The molecule has 1 aromatic heterocycles. The lowest BCUT2D eigenvalue weighted by Crippen LogP contribution is -2.62. The van der Waals surface area contributed by atoms with Crippen molar-refractivity contribution in [3.8, 4) is 0 Å². The third-order valence-electron chi connectivity index (χ3n) is 6.14. The fourth-order valence-corrected chi connectivity index (χ4v) is 4.93. The molecule has 1 amide bonds. The molecule has 162 valence electrons. The Kier molecular flexibility index (Phi) is 7.95. The molecule has 1 unspecified atom stereocenters. The van der Waals surface area contributed by atoms with Crippen LogP contribution in [-0.2, 0) is 4.74 Å². The lowest BCUT2D eigenvalue weighted by Gasteiger charge is -2.44. The fourth-order valence-electron chi connectivity index (χ4n) is 4.24. The summed E-state index contributed by atoms with van der Waals surface area (Å²) in [5.74, 6) is 1.15. The highest BCUT2D eigenvalue weighted by Gasteiger charge is 2.37. The second kappa shape index (κ2) is 10.4. The standard InChI is InChI=1S/C22H36N4O2S/c1-3-5-11-22(12-6-4-2)24-21(23)26(17-28-22)14-10-18-9-13-25(16-18)20(27)19-8-7-15-29-19/h7-8,15,18H,3-6,9-14,16-17H2,1-2H3,(H2,23,24). The molecule has 7 heteroatoms. The summed E-state index contributed by atoms with van der Waals surface area (Å²) < 4.78 is 6.29. The van der Waals surface area contributed by atoms with Gasteiger partial charge in [0.2, 0.25) is 0 Å². The van der Waals surface area contributed by atoms with Gasteiger partial charge in [-0.2, -0.15) is 0 Å². The highest BCUT2D eigenvalue weighted by Crippen LogP contribution is 2.28. The predicted molar refractivity (Wildman–Crippen MR) is 118 cm³/mol. The third-order valence-corrected chi connectivity index (χ3v) is 7.00. The molecule has 0 radical (unpaired) electrons. The van der Waals surface area contributed by atoms with Crippen molar-refractivity contribution in [2.45, 2.75) is 70.9 Å². The maximum absolute atomic E-state index is 12.5. The van der Waals surface area contributed by atoms with Crippen molar-refractivity contribution in [2.24, 2.45) is 5.92 Å². The number of hydrogen-bond acceptors (Lipinski definition) is 4. The van der Waals surface area contributed by atoms with Crippen LogP contribution in [0.25, 0.3) is 0 Å². The summed E-state index contributed by atoms with van der Waals surface area (Å²) in [5.41, 5.74) is -0.364. The van der Waals surface area contributed by atoms with Crippen LogP contribution in [-0.4, -0.2) is 53.8 Å². The Bertz CT molecular complexity index is 656. The molecule has 6 nitrogen and oxygen atoms in total. The van der Waals surface area contributed by atoms with Gasteiger partial charge in [0.25, 0.3) is 5.91 Å². The zero-order chi connectivity index (χ0) is 20.7. The zero-order valence-corrected chi connectivity index (χ0v) is 18.7. The molecule has 0 bridgehead atoms. The van der Waals surface area contributed by atoms with E-state index >= 15 is 0 Å². The highest BCUT2D eigenvalue weighted by molar-refractivity contribution is 7.12. The maximum Gasteiger partial charge on any atom is 0.263 e. The number of carbonyl (C=O) groups is 1. The summed E-state index contributed by atoms with van der Waals surface area (Å²) in [6.45, 7) is 7.34. The molecule has 0 spiro atoms. The zero-order valence-electron chi connectivity index (χ0n) is 17.9. The van der Waals surface area contributed by atoms with Crippen LogP contribution < -0.4 is 5.32 Å². The SMILES string of the molecule is CCCCC1(CCCC)NC(=N)N(CCC2CCN(C(=O)c3cccs3)C2)CO1. The molecule has 2 fully saturated rings. The van der Waals surface area contributed by atoms with E-state index in [1.807, 2.05) is 27.3 Å². The van der Waals surface area contributed by atoms with Crippen molar-refractivity contribution in [1.82, 2.24) is 15.1 Å². The van der Waals surface area contributed by atoms with E-state index < -0.39 is 0 Å². The van der Waals surface area contributed by atoms with Crippen LogP contribution in [0, 0.1) is 11.3 Å². The van der Waals surface area contributed by atoms with Crippen LogP contribution in [0.1, 0.15) is 74.9 Å². The minimum Gasteiger partial charge on any atom is -0.338 e. The van der Waals surface area contributed by atoms with Crippen molar-refractivity contribution in [3.05, 3.63) is 22.4 Å². The minimum atomic E-state index is -0.364. The minimum absolute atomic E-state index is 0.162. The number of likely N-dealkylation sites (tertiary alicyclic amines) is 1. The molecule has 0 aromatic carbocycles. The molecule has 29 heavy (non-hydrogen) atoms. The summed E-state index contributed by atoms with van der Waals surface area (Å²) in [6.07, 6.45) is 8.45. The lowest BCUT2D eigenvalue weighted by molar-refractivity contribution is -0.125. The first-order valence-corrected chi connectivity index (χ1v) is 12.0. The number of guanidine groups is 1. The summed E-state index contributed by atoms with van der Waals surface area (Å²) in [4.78, 5) is 17.3. The number of thiophene rings is 1. The predicted octanol–water partition coefficient (Wildman–Crippen LogP) is 4.49. The van der Waals surface area contributed by atoms with Crippen molar-refractivity contribution >= 4 is 23.2 Å². The summed E-state index contributed by atoms with van der Waals surface area (Å²) in [6, 6.07) is 3.84. The Morgan fingerprint density at radius 3 is 2.72 bits per heavy atom. The number of rotatable bonds is 10. The van der Waals surface area contributed by atoms with Crippen LogP contribution in [0.2, 0.25) is 0 Å². The van der Waals surface area contributed by atoms with Crippen LogP contribution in [0.5, 0.6) is 0 Å². The molecule has 2 saturated heterocycles. The average Bonchev–Trinajstić information content (AvgIpc) is 3.42. The second-order valence-corrected chi connectivity index (χ2v) is 9.33. The van der Waals surface area contributed by atoms with Crippen molar-refractivity contribution in [1.29, 1.82) is 5.41 Å². The quantitative estimate of drug-likeness (QED) is 0.585. The molecule has 0 aliphatic carbocycles. The van der Waals surface area contributed by atoms with E-state index in [4.69, 9.17) is 10.1 Å². The van der Waals surface area contributed by atoms with Gasteiger partial charge in [0, 0.05) is 19.6 Å². The average molecular weight is 421 g/mol. The Labute approximate surface area is 179 Å². The largest absolute Gasteiger partial charge is 0.338 e. The Hall–Kier alpha value is -1.60. The number of ether oxygens (including phenoxy) is 1. The van der Waals surface area contributed by atoms with Gasteiger partial charge in [-0.25, -0.2) is 0 Å². The maximum atomic E-state index is 12.5. The van der Waals surface area contributed by atoms with Gasteiger partial charge < -0.3 is 19.9 Å². The second-order valence-electron chi connectivity index (χ2n) is 8.38. The van der Waals surface area contributed by atoms with Gasteiger partial charge in [-0.1, -0.05) is 32.8 Å². The Morgan fingerprint density at radius 2 is 2.10 bits per heavy atom. The normalized spacial score (nSPS) is 21.4. The van der Waals surface area contributed by atoms with Crippen LogP contribution in [0.4, 0.5) is 0 Å². The number of nitrogens with one attached hydrogen (secondary N) is 2. The number of hydrogen-bond donors (Lipinski definition) is 2. The number of unbranched alkanes of at least 4 members (excludes halogenated alkanes) is 2. The van der Waals surface area contributed by atoms with Crippen molar-refractivity contribution < 1.29 is 9.53 Å². The summed E-state index contributed by atoms with van der Waals surface area (Å²) in [7, 11) is 0. The van der Waals surface area contributed by atoms with Crippen LogP contribution >= 0.6 is 11.3 Å². The van der Waals surface area contributed by atoms with Crippen molar-refractivity contribution in [2.75, 3.05) is 26.4 Å². The first kappa shape index (κ1) is 22.1. The first-order valence-electron chi connectivity index (χ1n) is 11.2. The number of carbonyl (C=O) groups excluding carboxylic acids is 1. The Morgan fingerprint density at radius 1 is 1.34 bits per heavy atom. The van der Waals surface area contributed by atoms with E-state index in [1.54, 1.807) is 0 Å². The van der Waals surface area contributed by atoms with Gasteiger partial charge in [-0.15, -0.1) is 11.3 Å². The molecular formula is C22H36N4O2S. The molecular weight excluding hydrogens is 384 g/mol. The topological polar surface area (TPSA) is 68.7 Å². The lowest BCUT2D eigenvalue weighted by atomic mass is 9.98. The molecule has 3 rings (SSSR count). The summed E-state index contributed by atoms with van der Waals surface area (Å²) >= 11 is 1.51. The van der Waals surface area contributed by atoms with E-state index in [0.29, 0.717) is 18.6 Å². The highest BCUT2D eigenvalue weighted by atomic mass is 32.1. The van der Waals surface area contributed by atoms with E-state index in [2.05, 4.69) is 19.2 Å². The van der Waals surface area contributed by atoms with Gasteiger partial charge in [0.15, 0.2) is 5.96 Å².